The molecular weight excluding hydrogens is 597 g/mol. The van der Waals surface area contributed by atoms with Crippen LogP contribution in [0.25, 0.3) is 0 Å². The van der Waals surface area contributed by atoms with Crippen molar-refractivity contribution >= 4 is 33.5 Å². The predicted octanol–water partition coefficient (Wildman–Crippen LogP) is 5.05. The lowest BCUT2D eigenvalue weighted by Gasteiger charge is -2.34. The quantitative estimate of drug-likeness (QED) is 0.488. The van der Waals surface area contributed by atoms with E-state index in [1.807, 2.05) is 4.90 Å². The van der Waals surface area contributed by atoms with Crippen LogP contribution in [0.3, 0.4) is 0 Å². The van der Waals surface area contributed by atoms with Crippen molar-refractivity contribution in [3.05, 3.63) is 30.0 Å². The maximum Gasteiger partial charge on any atom is 0.394 e. The van der Waals surface area contributed by atoms with Gasteiger partial charge in [0.05, 0.1) is 11.0 Å². The van der Waals surface area contributed by atoms with E-state index in [-0.39, 0.29) is 47.2 Å². The number of amides is 2. The van der Waals surface area contributed by atoms with Crippen molar-refractivity contribution in [2.75, 3.05) is 22.9 Å². The lowest BCUT2D eigenvalue weighted by atomic mass is 9.93. The second-order valence-electron chi connectivity index (χ2n) is 13.5. The van der Waals surface area contributed by atoms with Crippen molar-refractivity contribution in [2.45, 2.75) is 101 Å². The van der Waals surface area contributed by atoms with Crippen LogP contribution in [0.4, 0.5) is 24.8 Å². The first-order valence-corrected chi connectivity index (χ1v) is 16.9. The standard InChI is InChI=1S/C30H39F3N6O4S/c1-28(2)18-20-6-3-4-15-37-16-11-24(35-37)44(42,43)36-26(40)22-8-9-23(34-25(22)39(28)19-20)38-17-10-21(27(38)41)7-5-12-29(13-14-29)30(31,32)33/h8-9,11,16,20-21H,3-7,10,12-15,17-19H2,1-2H3,(H,36,40). The zero-order chi connectivity index (χ0) is 31.5. The Bertz CT molecular complexity index is 1550. The molecule has 3 fully saturated rings. The SMILES string of the molecule is CC1(C)CC2CCCCn3ccc(n3)S(=O)(=O)NC(=O)c3ccc(N4CCC(CCCC5(C(F)(F)F)CC5)C4=O)nc3N1C2. The minimum atomic E-state index is -4.25. The van der Waals surface area contributed by atoms with Gasteiger partial charge in [0.1, 0.15) is 11.6 Å². The molecular formula is C30H39F3N6O4S. The van der Waals surface area contributed by atoms with E-state index >= 15 is 0 Å². The first-order chi connectivity index (χ1) is 20.7. The number of aryl methyl sites for hydroxylation is 1. The number of sulfonamides is 1. The number of carbonyl (C=O) groups excluding carboxylic acids is 2. The topological polar surface area (TPSA) is 118 Å². The number of pyridine rings is 1. The molecule has 4 aliphatic rings. The summed E-state index contributed by atoms with van der Waals surface area (Å²) in [5.41, 5.74) is -1.89. The summed E-state index contributed by atoms with van der Waals surface area (Å²) < 4.78 is 70.0. The molecule has 2 unspecified atom stereocenters. The molecule has 2 saturated heterocycles. The summed E-state index contributed by atoms with van der Waals surface area (Å²) in [6.45, 7) is 5.70. The molecule has 5 heterocycles. The molecule has 2 atom stereocenters. The molecule has 1 aliphatic carbocycles. The number of nitrogens with one attached hydrogen (secondary N) is 1. The summed E-state index contributed by atoms with van der Waals surface area (Å²) in [6, 6.07) is 4.41. The molecule has 240 valence electrons. The van der Waals surface area contributed by atoms with E-state index in [1.54, 1.807) is 15.8 Å². The summed E-state index contributed by atoms with van der Waals surface area (Å²) in [6.07, 6.45) is 2.55. The second kappa shape index (κ2) is 11.0. The number of fused-ring (bicyclic) bond motifs is 6. The zero-order valence-corrected chi connectivity index (χ0v) is 25.9. The van der Waals surface area contributed by atoms with Crippen molar-refractivity contribution in [3.63, 3.8) is 0 Å². The predicted molar refractivity (Wildman–Crippen MR) is 157 cm³/mol. The smallest absolute Gasteiger partial charge is 0.350 e. The van der Waals surface area contributed by atoms with Crippen LogP contribution in [0.1, 0.15) is 88.4 Å². The first-order valence-electron chi connectivity index (χ1n) is 15.5. The Morgan fingerprint density at radius 2 is 1.84 bits per heavy atom. The van der Waals surface area contributed by atoms with Crippen molar-refractivity contribution in [1.82, 2.24) is 19.5 Å². The summed E-state index contributed by atoms with van der Waals surface area (Å²) in [5, 5.41) is 3.91. The maximum absolute atomic E-state index is 13.5. The van der Waals surface area contributed by atoms with Gasteiger partial charge < -0.3 is 4.90 Å². The Morgan fingerprint density at radius 1 is 1.07 bits per heavy atom. The maximum atomic E-state index is 13.5. The molecule has 4 bridgehead atoms. The van der Waals surface area contributed by atoms with Crippen molar-refractivity contribution in [3.8, 4) is 0 Å². The van der Waals surface area contributed by atoms with Gasteiger partial charge in [0.25, 0.3) is 15.9 Å². The van der Waals surface area contributed by atoms with E-state index < -0.39 is 27.5 Å². The van der Waals surface area contributed by atoms with E-state index in [4.69, 9.17) is 4.98 Å². The Hall–Kier alpha value is -3.16. The highest BCUT2D eigenvalue weighted by molar-refractivity contribution is 7.90. The molecule has 44 heavy (non-hydrogen) atoms. The third kappa shape index (κ3) is 5.81. The van der Waals surface area contributed by atoms with Crippen LogP contribution in [0.2, 0.25) is 0 Å². The number of hydrogen-bond donors (Lipinski definition) is 1. The Balaban J connectivity index is 1.26. The third-order valence-corrected chi connectivity index (χ3v) is 11.2. The lowest BCUT2D eigenvalue weighted by molar-refractivity contribution is -0.189. The van der Waals surface area contributed by atoms with E-state index in [0.717, 1.165) is 25.7 Å². The van der Waals surface area contributed by atoms with Crippen molar-refractivity contribution in [1.29, 1.82) is 0 Å². The fraction of sp³-hybridized carbons (Fsp3) is 0.667. The molecule has 0 radical (unpaired) electrons. The molecule has 14 heteroatoms. The van der Waals surface area contributed by atoms with Gasteiger partial charge in [-0.25, -0.2) is 9.71 Å². The Morgan fingerprint density at radius 3 is 2.57 bits per heavy atom. The van der Waals surface area contributed by atoms with Gasteiger partial charge in [-0.3, -0.25) is 19.2 Å². The highest BCUT2D eigenvalue weighted by Crippen LogP contribution is 2.60. The highest BCUT2D eigenvalue weighted by Gasteiger charge is 2.62. The van der Waals surface area contributed by atoms with Gasteiger partial charge in [-0.15, -0.1) is 0 Å². The van der Waals surface area contributed by atoms with Gasteiger partial charge in [0, 0.05) is 37.3 Å². The Kier molecular flexibility index (Phi) is 7.73. The van der Waals surface area contributed by atoms with Gasteiger partial charge in [-0.2, -0.15) is 26.7 Å². The van der Waals surface area contributed by atoms with E-state index in [0.29, 0.717) is 56.5 Å². The lowest BCUT2D eigenvalue weighted by Crippen LogP contribution is -2.41. The first kappa shape index (κ1) is 30.8. The number of alkyl halides is 3. The average Bonchev–Trinajstić information content (AvgIpc) is 3.27. The highest BCUT2D eigenvalue weighted by atomic mass is 32.2. The number of halogens is 3. The molecule has 2 amide bonds. The number of rotatable bonds is 5. The molecule has 3 aliphatic heterocycles. The van der Waals surface area contributed by atoms with Crippen molar-refractivity contribution < 1.29 is 31.2 Å². The summed E-state index contributed by atoms with van der Waals surface area (Å²) in [5.74, 6) is -0.437. The minimum absolute atomic E-state index is 0.0425. The molecule has 1 saturated carbocycles. The average molecular weight is 637 g/mol. The van der Waals surface area contributed by atoms with Crippen LogP contribution < -0.4 is 14.5 Å². The van der Waals surface area contributed by atoms with Gasteiger partial charge >= 0.3 is 6.18 Å². The number of carbonyl (C=O) groups is 2. The van der Waals surface area contributed by atoms with Gasteiger partial charge in [-0.05, 0) is 89.3 Å². The van der Waals surface area contributed by atoms with Gasteiger partial charge in [-0.1, -0.05) is 12.8 Å². The molecule has 0 spiro atoms. The molecule has 2 aromatic heterocycles. The molecule has 0 aromatic carbocycles. The number of nitrogens with zero attached hydrogens (tertiary/aromatic N) is 5. The Labute approximate surface area is 255 Å². The van der Waals surface area contributed by atoms with E-state index in [9.17, 15) is 31.2 Å². The number of anilines is 2. The van der Waals surface area contributed by atoms with E-state index in [1.165, 1.54) is 18.2 Å². The van der Waals surface area contributed by atoms with Crippen LogP contribution in [-0.4, -0.2) is 59.8 Å². The molecule has 6 rings (SSSR count). The fourth-order valence-electron chi connectivity index (χ4n) is 7.22. The normalized spacial score (nSPS) is 26.1. The summed E-state index contributed by atoms with van der Waals surface area (Å²) >= 11 is 0. The molecule has 1 N–H and O–H groups in total. The van der Waals surface area contributed by atoms with Crippen LogP contribution in [0.15, 0.2) is 29.4 Å². The minimum Gasteiger partial charge on any atom is -0.350 e. The number of hydrogen-bond acceptors (Lipinski definition) is 7. The van der Waals surface area contributed by atoms with Crippen LogP contribution >= 0.6 is 0 Å². The summed E-state index contributed by atoms with van der Waals surface area (Å²) in [7, 11) is -4.25. The van der Waals surface area contributed by atoms with Crippen molar-refractivity contribution in [2.24, 2.45) is 17.3 Å². The largest absolute Gasteiger partial charge is 0.394 e. The molecule has 10 nitrogen and oxygen atoms in total. The number of aromatic nitrogens is 3. The summed E-state index contributed by atoms with van der Waals surface area (Å²) in [4.78, 5) is 35.4. The van der Waals surface area contributed by atoms with E-state index in [2.05, 4.69) is 23.7 Å². The second-order valence-corrected chi connectivity index (χ2v) is 15.2. The monoisotopic (exact) mass is 636 g/mol. The fourth-order valence-corrected chi connectivity index (χ4v) is 8.13. The van der Waals surface area contributed by atoms with Crippen LogP contribution in [-0.2, 0) is 21.4 Å². The van der Waals surface area contributed by atoms with Gasteiger partial charge in [0.15, 0.2) is 5.03 Å². The third-order valence-electron chi connectivity index (χ3n) is 9.94. The van der Waals surface area contributed by atoms with Crippen LogP contribution in [0, 0.1) is 17.3 Å². The molecule has 2 aromatic rings. The van der Waals surface area contributed by atoms with Crippen LogP contribution in [0.5, 0.6) is 0 Å². The zero-order valence-electron chi connectivity index (χ0n) is 25.1. The van der Waals surface area contributed by atoms with Gasteiger partial charge in [0.2, 0.25) is 5.91 Å².